The van der Waals surface area contributed by atoms with Gasteiger partial charge in [-0.05, 0) is 30.5 Å². The number of aromatic nitrogens is 1. The van der Waals surface area contributed by atoms with Crippen molar-refractivity contribution in [1.29, 1.82) is 0 Å². The monoisotopic (exact) mass is 343 g/mol. The fraction of sp³-hybridized carbons (Fsp3) is 0.389. The second kappa shape index (κ2) is 6.33. The minimum atomic E-state index is -0.636. The van der Waals surface area contributed by atoms with Gasteiger partial charge in [0.1, 0.15) is 5.56 Å². The summed E-state index contributed by atoms with van der Waals surface area (Å²) in [6.45, 7) is 0.549. The number of nitrogens with two attached hydrogens (primary N) is 1. The summed E-state index contributed by atoms with van der Waals surface area (Å²) < 4.78 is 6.51. The molecule has 0 bridgehead atoms. The molecule has 2 aromatic rings. The lowest BCUT2D eigenvalue weighted by Crippen LogP contribution is -2.37. The number of rotatable bonds is 5. The smallest absolute Gasteiger partial charge is 0.313 e. The van der Waals surface area contributed by atoms with Gasteiger partial charge < -0.3 is 20.4 Å². The van der Waals surface area contributed by atoms with Crippen molar-refractivity contribution < 1.29 is 14.3 Å². The standard InChI is InChI=1S/C18H21N3O4/c1-21-9-13(15(22)12-4-3-11(8-19)7-14(12)21)16(23)20-10-18(5-6-18)17(24)25-2/h3-4,7,9H,5-6,8,10,19H2,1-2H3,(H,20,23). The van der Waals surface area contributed by atoms with Gasteiger partial charge in [-0.2, -0.15) is 0 Å². The van der Waals surface area contributed by atoms with Crippen LogP contribution in [0.5, 0.6) is 0 Å². The number of nitrogens with zero attached hydrogens (tertiary/aromatic N) is 1. The number of hydrogen-bond acceptors (Lipinski definition) is 5. The van der Waals surface area contributed by atoms with Crippen LogP contribution in [0.15, 0.2) is 29.2 Å². The summed E-state index contributed by atoms with van der Waals surface area (Å²) in [5, 5.41) is 3.16. The number of hydrogen-bond donors (Lipinski definition) is 2. The average Bonchev–Trinajstić information content (AvgIpc) is 3.42. The molecule has 0 aliphatic heterocycles. The van der Waals surface area contributed by atoms with Crippen LogP contribution in [-0.2, 0) is 23.1 Å². The fourth-order valence-electron chi connectivity index (χ4n) is 2.98. The minimum Gasteiger partial charge on any atom is -0.469 e. The molecule has 3 N–H and O–H groups in total. The quantitative estimate of drug-likeness (QED) is 0.777. The number of amides is 1. The second-order valence-corrected chi connectivity index (χ2v) is 6.49. The maximum Gasteiger partial charge on any atom is 0.313 e. The third-order valence-electron chi connectivity index (χ3n) is 4.79. The van der Waals surface area contributed by atoms with Crippen molar-refractivity contribution >= 4 is 22.8 Å². The third kappa shape index (κ3) is 3.02. The molecule has 1 heterocycles. The molecule has 0 saturated heterocycles. The van der Waals surface area contributed by atoms with Crippen LogP contribution in [0.1, 0.15) is 28.8 Å². The molecule has 7 heteroatoms. The zero-order valence-corrected chi connectivity index (χ0v) is 14.3. The number of esters is 1. The van der Waals surface area contributed by atoms with E-state index in [4.69, 9.17) is 10.5 Å². The third-order valence-corrected chi connectivity index (χ3v) is 4.79. The molecule has 1 aliphatic carbocycles. The molecular formula is C18H21N3O4. The zero-order chi connectivity index (χ0) is 18.2. The van der Waals surface area contributed by atoms with Crippen LogP contribution in [0.2, 0.25) is 0 Å². The van der Waals surface area contributed by atoms with Crippen LogP contribution < -0.4 is 16.5 Å². The van der Waals surface area contributed by atoms with Crippen molar-refractivity contribution in [3.63, 3.8) is 0 Å². The number of ether oxygens (including phenoxy) is 1. The Labute approximate surface area is 144 Å². The van der Waals surface area contributed by atoms with Crippen LogP contribution in [-0.4, -0.2) is 30.1 Å². The number of methoxy groups -OCH3 is 1. The highest BCUT2D eigenvalue weighted by Gasteiger charge is 2.51. The molecule has 1 fully saturated rings. The number of aryl methyl sites for hydroxylation is 1. The number of nitrogens with one attached hydrogen (secondary N) is 1. The summed E-state index contributed by atoms with van der Waals surface area (Å²) in [7, 11) is 3.11. The number of carbonyl (C=O) groups excluding carboxylic acids is 2. The maximum absolute atomic E-state index is 12.7. The van der Waals surface area contributed by atoms with Crippen molar-refractivity contribution in [2.24, 2.45) is 18.2 Å². The lowest BCUT2D eigenvalue weighted by molar-refractivity contribution is -0.146. The predicted molar refractivity (Wildman–Crippen MR) is 93.1 cm³/mol. The molecule has 1 saturated carbocycles. The van der Waals surface area contributed by atoms with Gasteiger partial charge >= 0.3 is 5.97 Å². The normalized spacial score (nSPS) is 15.0. The molecule has 25 heavy (non-hydrogen) atoms. The van der Waals surface area contributed by atoms with Crippen LogP contribution >= 0.6 is 0 Å². The highest BCUT2D eigenvalue weighted by molar-refractivity contribution is 5.97. The molecule has 0 spiro atoms. The van der Waals surface area contributed by atoms with E-state index in [1.54, 1.807) is 23.7 Å². The van der Waals surface area contributed by atoms with Crippen molar-refractivity contribution in [2.45, 2.75) is 19.4 Å². The first-order valence-electron chi connectivity index (χ1n) is 8.11. The van der Waals surface area contributed by atoms with Gasteiger partial charge in [-0.3, -0.25) is 14.4 Å². The molecule has 1 aromatic carbocycles. The summed E-state index contributed by atoms with van der Waals surface area (Å²) in [5.74, 6) is -0.811. The Morgan fingerprint density at radius 3 is 2.68 bits per heavy atom. The summed E-state index contributed by atoms with van der Waals surface area (Å²) in [6, 6.07) is 5.31. The average molecular weight is 343 g/mol. The lowest BCUT2D eigenvalue weighted by Gasteiger charge is -2.14. The first kappa shape index (κ1) is 17.2. The summed E-state index contributed by atoms with van der Waals surface area (Å²) >= 11 is 0. The highest BCUT2D eigenvalue weighted by Crippen LogP contribution is 2.46. The van der Waals surface area contributed by atoms with Crippen molar-refractivity contribution in [1.82, 2.24) is 9.88 Å². The van der Waals surface area contributed by atoms with Gasteiger partial charge in [-0.15, -0.1) is 0 Å². The SMILES string of the molecule is COC(=O)C1(CNC(=O)c2cn(C)c3cc(CN)ccc3c2=O)CC1. The van der Waals surface area contributed by atoms with Gasteiger partial charge in [-0.1, -0.05) is 6.07 Å². The predicted octanol–water partition coefficient (Wildman–Crippen LogP) is 0.680. The summed E-state index contributed by atoms with van der Waals surface area (Å²) in [4.78, 5) is 36.9. The Kier molecular flexibility index (Phi) is 4.34. The highest BCUT2D eigenvalue weighted by atomic mass is 16.5. The minimum absolute atomic E-state index is 0.0520. The largest absolute Gasteiger partial charge is 0.469 e. The first-order chi connectivity index (χ1) is 11.9. The van der Waals surface area contributed by atoms with Gasteiger partial charge in [0.25, 0.3) is 5.91 Å². The Balaban J connectivity index is 1.88. The van der Waals surface area contributed by atoms with E-state index in [0.717, 1.165) is 11.1 Å². The molecule has 132 valence electrons. The molecular weight excluding hydrogens is 322 g/mol. The zero-order valence-electron chi connectivity index (χ0n) is 14.3. The fourth-order valence-corrected chi connectivity index (χ4v) is 2.98. The van der Waals surface area contributed by atoms with Crippen LogP contribution in [0.3, 0.4) is 0 Å². The maximum atomic E-state index is 12.7. The number of pyridine rings is 1. The Bertz CT molecular complexity index is 912. The van der Waals surface area contributed by atoms with E-state index in [1.807, 2.05) is 6.07 Å². The lowest BCUT2D eigenvalue weighted by atomic mass is 10.1. The summed E-state index contributed by atoms with van der Waals surface area (Å²) in [5.41, 5.74) is 6.35. The molecule has 3 rings (SSSR count). The molecule has 0 radical (unpaired) electrons. The van der Waals surface area contributed by atoms with Gasteiger partial charge in [0.05, 0.1) is 18.0 Å². The topological polar surface area (TPSA) is 103 Å². The van der Waals surface area contributed by atoms with Crippen molar-refractivity contribution in [3.8, 4) is 0 Å². The van der Waals surface area contributed by atoms with Crippen LogP contribution in [0, 0.1) is 5.41 Å². The number of fused-ring (bicyclic) bond motifs is 1. The molecule has 1 amide bonds. The van der Waals surface area contributed by atoms with Gasteiger partial charge in [-0.25, -0.2) is 0 Å². The number of benzene rings is 1. The molecule has 0 atom stereocenters. The molecule has 1 aromatic heterocycles. The van der Waals surface area contributed by atoms with Crippen LogP contribution in [0.4, 0.5) is 0 Å². The van der Waals surface area contributed by atoms with Gasteiger partial charge in [0.15, 0.2) is 0 Å². The van der Waals surface area contributed by atoms with E-state index in [9.17, 15) is 14.4 Å². The Hall–Kier alpha value is -2.67. The van der Waals surface area contributed by atoms with Crippen molar-refractivity contribution in [2.75, 3.05) is 13.7 Å². The first-order valence-corrected chi connectivity index (χ1v) is 8.11. The van der Waals surface area contributed by atoms with Gasteiger partial charge in [0.2, 0.25) is 5.43 Å². The van der Waals surface area contributed by atoms with Crippen LogP contribution in [0.25, 0.3) is 10.9 Å². The summed E-state index contributed by atoms with van der Waals surface area (Å²) in [6.07, 6.45) is 2.87. The van der Waals surface area contributed by atoms with E-state index in [-0.39, 0.29) is 23.5 Å². The molecule has 1 aliphatic rings. The Morgan fingerprint density at radius 2 is 2.08 bits per heavy atom. The van der Waals surface area contributed by atoms with E-state index in [1.165, 1.54) is 13.3 Å². The van der Waals surface area contributed by atoms with Gasteiger partial charge in [0, 0.05) is 31.7 Å². The van der Waals surface area contributed by atoms with E-state index >= 15 is 0 Å². The molecule has 7 nitrogen and oxygen atoms in total. The Morgan fingerprint density at radius 1 is 1.36 bits per heavy atom. The number of carbonyl (C=O) groups is 2. The van der Waals surface area contributed by atoms with E-state index in [0.29, 0.717) is 24.8 Å². The molecule has 0 unspecified atom stereocenters. The second-order valence-electron chi connectivity index (χ2n) is 6.49. The van der Waals surface area contributed by atoms with E-state index in [2.05, 4.69) is 5.32 Å². The van der Waals surface area contributed by atoms with Crippen molar-refractivity contribution in [3.05, 3.63) is 45.7 Å². The van der Waals surface area contributed by atoms with E-state index < -0.39 is 11.3 Å².